The van der Waals surface area contributed by atoms with Gasteiger partial charge in [-0.3, -0.25) is 4.68 Å². The predicted molar refractivity (Wildman–Crippen MR) is 53.9 cm³/mol. The van der Waals surface area contributed by atoms with Crippen LogP contribution in [0.3, 0.4) is 0 Å². The molecule has 2 rings (SSSR count). The Morgan fingerprint density at radius 3 is 2.69 bits per heavy atom. The lowest BCUT2D eigenvalue weighted by molar-refractivity contribution is 0.122. The number of aromatic nitrogens is 2. The number of morpholine rings is 1. The molecule has 0 bridgehead atoms. The molecule has 0 radical (unpaired) electrons. The zero-order chi connectivity index (χ0) is 9.26. The zero-order valence-corrected chi connectivity index (χ0v) is 9.12. The highest BCUT2D eigenvalue weighted by molar-refractivity contribution is 9.10. The molecular formula is C8H12BrN3O. The molecule has 2 heterocycles. The van der Waals surface area contributed by atoms with Crippen LogP contribution < -0.4 is 4.90 Å². The average Bonchev–Trinajstić information content (AvgIpc) is 2.47. The maximum atomic E-state index is 5.28. The smallest absolute Gasteiger partial charge is 0.165 e. The Morgan fingerprint density at radius 1 is 1.46 bits per heavy atom. The first-order valence-electron chi connectivity index (χ1n) is 4.29. The molecule has 0 amide bonds. The second-order valence-corrected chi connectivity index (χ2v) is 3.93. The molecule has 1 aromatic heterocycles. The lowest BCUT2D eigenvalue weighted by Gasteiger charge is -2.26. The van der Waals surface area contributed by atoms with Crippen LogP contribution in [0.4, 0.5) is 5.82 Å². The Hall–Kier alpha value is -0.550. The highest BCUT2D eigenvalue weighted by Crippen LogP contribution is 2.24. The number of ether oxygens (including phenoxy) is 1. The topological polar surface area (TPSA) is 30.3 Å². The largest absolute Gasteiger partial charge is 0.378 e. The second kappa shape index (κ2) is 3.67. The summed E-state index contributed by atoms with van der Waals surface area (Å²) in [6, 6.07) is 0. The second-order valence-electron chi connectivity index (χ2n) is 3.07. The number of hydrogen-bond donors (Lipinski definition) is 0. The molecular weight excluding hydrogens is 234 g/mol. The number of nitrogens with zero attached hydrogens (tertiary/aromatic N) is 3. The SMILES string of the molecule is Cn1cc(Br)c(N2CCOCC2)n1. The van der Waals surface area contributed by atoms with Gasteiger partial charge in [0.15, 0.2) is 5.82 Å². The molecule has 1 aliphatic heterocycles. The van der Waals surface area contributed by atoms with Crippen molar-refractivity contribution in [3.05, 3.63) is 10.7 Å². The van der Waals surface area contributed by atoms with Crippen molar-refractivity contribution in [2.45, 2.75) is 0 Å². The van der Waals surface area contributed by atoms with Gasteiger partial charge in [0.25, 0.3) is 0 Å². The fourth-order valence-electron chi connectivity index (χ4n) is 1.44. The molecule has 0 saturated carbocycles. The van der Waals surface area contributed by atoms with Crippen LogP contribution in [0.25, 0.3) is 0 Å². The third-order valence-corrected chi connectivity index (χ3v) is 2.64. The van der Waals surface area contributed by atoms with E-state index in [1.807, 2.05) is 17.9 Å². The molecule has 0 aliphatic carbocycles. The van der Waals surface area contributed by atoms with Gasteiger partial charge in [0.05, 0.1) is 17.7 Å². The molecule has 1 fully saturated rings. The molecule has 5 heteroatoms. The Kier molecular flexibility index (Phi) is 2.55. The Morgan fingerprint density at radius 2 is 2.15 bits per heavy atom. The maximum Gasteiger partial charge on any atom is 0.165 e. The van der Waals surface area contributed by atoms with Gasteiger partial charge in [0.1, 0.15) is 0 Å². The molecule has 1 saturated heterocycles. The van der Waals surface area contributed by atoms with E-state index in [0.29, 0.717) is 0 Å². The standard InChI is InChI=1S/C8H12BrN3O/c1-11-6-7(9)8(10-11)12-2-4-13-5-3-12/h6H,2-5H2,1H3. The van der Waals surface area contributed by atoms with Crippen molar-refractivity contribution >= 4 is 21.7 Å². The van der Waals surface area contributed by atoms with E-state index in [1.54, 1.807) is 0 Å². The maximum absolute atomic E-state index is 5.28. The van der Waals surface area contributed by atoms with E-state index < -0.39 is 0 Å². The fourth-order valence-corrected chi connectivity index (χ4v) is 2.06. The van der Waals surface area contributed by atoms with E-state index in [4.69, 9.17) is 4.74 Å². The van der Waals surface area contributed by atoms with Gasteiger partial charge in [-0.05, 0) is 15.9 Å². The third kappa shape index (κ3) is 1.86. The van der Waals surface area contributed by atoms with E-state index in [-0.39, 0.29) is 0 Å². The first-order chi connectivity index (χ1) is 6.27. The van der Waals surface area contributed by atoms with Gasteiger partial charge >= 0.3 is 0 Å². The summed E-state index contributed by atoms with van der Waals surface area (Å²) in [6.45, 7) is 3.44. The van der Waals surface area contributed by atoms with E-state index in [0.717, 1.165) is 36.6 Å². The van der Waals surface area contributed by atoms with E-state index in [2.05, 4.69) is 25.9 Å². The summed E-state index contributed by atoms with van der Waals surface area (Å²) in [7, 11) is 1.93. The first kappa shape index (κ1) is 9.02. The molecule has 0 unspecified atom stereocenters. The minimum atomic E-state index is 0.795. The summed E-state index contributed by atoms with van der Waals surface area (Å²) in [5, 5.41) is 4.37. The number of rotatable bonds is 1. The normalized spacial score (nSPS) is 17.8. The Bertz CT molecular complexity index is 294. The van der Waals surface area contributed by atoms with Crippen LogP contribution in [0.2, 0.25) is 0 Å². The van der Waals surface area contributed by atoms with E-state index in [9.17, 15) is 0 Å². The van der Waals surface area contributed by atoms with Gasteiger partial charge in [0, 0.05) is 26.3 Å². The van der Waals surface area contributed by atoms with Crippen molar-refractivity contribution < 1.29 is 4.74 Å². The van der Waals surface area contributed by atoms with Crippen molar-refractivity contribution in [1.82, 2.24) is 9.78 Å². The van der Waals surface area contributed by atoms with Crippen LogP contribution >= 0.6 is 15.9 Å². The van der Waals surface area contributed by atoms with E-state index >= 15 is 0 Å². The van der Waals surface area contributed by atoms with Crippen molar-refractivity contribution in [1.29, 1.82) is 0 Å². The summed E-state index contributed by atoms with van der Waals surface area (Å²) in [4.78, 5) is 2.23. The quantitative estimate of drug-likeness (QED) is 0.741. The van der Waals surface area contributed by atoms with Crippen molar-refractivity contribution in [2.75, 3.05) is 31.2 Å². The fraction of sp³-hybridized carbons (Fsp3) is 0.625. The third-order valence-electron chi connectivity index (χ3n) is 2.08. The highest BCUT2D eigenvalue weighted by atomic mass is 79.9. The van der Waals surface area contributed by atoms with Crippen LogP contribution in [-0.2, 0) is 11.8 Å². The van der Waals surface area contributed by atoms with Crippen molar-refractivity contribution in [3.8, 4) is 0 Å². The molecule has 0 spiro atoms. The van der Waals surface area contributed by atoms with Crippen LogP contribution in [0.15, 0.2) is 10.7 Å². The molecule has 1 aromatic rings. The number of anilines is 1. The lowest BCUT2D eigenvalue weighted by Crippen LogP contribution is -2.36. The minimum Gasteiger partial charge on any atom is -0.378 e. The molecule has 0 N–H and O–H groups in total. The molecule has 4 nitrogen and oxygen atoms in total. The lowest BCUT2D eigenvalue weighted by atomic mass is 10.4. The van der Waals surface area contributed by atoms with E-state index in [1.165, 1.54) is 0 Å². The monoisotopic (exact) mass is 245 g/mol. The van der Waals surface area contributed by atoms with Gasteiger partial charge < -0.3 is 9.64 Å². The summed E-state index contributed by atoms with van der Waals surface area (Å²) < 4.78 is 8.14. The van der Waals surface area contributed by atoms with Crippen LogP contribution in [0.1, 0.15) is 0 Å². The molecule has 0 atom stereocenters. The number of hydrogen-bond acceptors (Lipinski definition) is 3. The summed E-state index contributed by atoms with van der Waals surface area (Å²) in [5.41, 5.74) is 0. The van der Waals surface area contributed by atoms with Crippen molar-refractivity contribution in [2.24, 2.45) is 7.05 Å². The molecule has 13 heavy (non-hydrogen) atoms. The van der Waals surface area contributed by atoms with Gasteiger partial charge in [-0.25, -0.2) is 0 Å². The van der Waals surface area contributed by atoms with Crippen LogP contribution in [0.5, 0.6) is 0 Å². The molecule has 1 aliphatic rings. The van der Waals surface area contributed by atoms with Crippen LogP contribution in [0, 0.1) is 0 Å². The predicted octanol–water partition coefficient (Wildman–Crippen LogP) is 1.02. The Balaban J connectivity index is 2.18. The van der Waals surface area contributed by atoms with Gasteiger partial charge in [-0.15, -0.1) is 0 Å². The average molecular weight is 246 g/mol. The van der Waals surface area contributed by atoms with Gasteiger partial charge in [-0.1, -0.05) is 0 Å². The number of aryl methyl sites for hydroxylation is 1. The Labute approximate surface area is 85.6 Å². The summed E-state index contributed by atoms with van der Waals surface area (Å²) in [5.74, 6) is 1.02. The van der Waals surface area contributed by atoms with Crippen LogP contribution in [-0.4, -0.2) is 36.1 Å². The first-order valence-corrected chi connectivity index (χ1v) is 5.08. The highest BCUT2D eigenvalue weighted by Gasteiger charge is 2.16. The van der Waals surface area contributed by atoms with Crippen molar-refractivity contribution in [3.63, 3.8) is 0 Å². The molecule has 72 valence electrons. The van der Waals surface area contributed by atoms with Gasteiger partial charge in [0.2, 0.25) is 0 Å². The zero-order valence-electron chi connectivity index (χ0n) is 7.53. The minimum absolute atomic E-state index is 0.795. The number of halogens is 1. The molecule has 0 aromatic carbocycles. The van der Waals surface area contributed by atoms with Gasteiger partial charge in [-0.2, -0.15) is 5.10 Å². The summed E-state index contributed by atoms with van der Waals surface area (Å²) in [6.07, 6.45) is 1.96. The summed E-state index contributed by atoms with van der Waals surface area (Å²) >= 11 is 3.49.